The molecule has 0 aromatic heterocycles. The summed E-state index contributed by atoms with van der Waals surface area (Å²) in [6, 6.07) is 0. The third-order valence-corrected chi connectivity index (χ3v) is 1.70. The van der Waals surface area contributed by atoms with Crippen molar-refractivity contribution in [1.29, 1.82) is 0 Å². The molecule has 52 valence electrons. The molecule has 0 nitrogen and oxygen atoms in total. The molecule has 0 bridgehead atoms. The summed E-state index contributed by atoms with van der Waals surface area (Å²) < 4.78 is 0. The van der Waals surface area contributed by atoms with E-state index in [-0.39, 0.29) is 29.6 Å². The van der Waals surface area contributed by atoms with Crippen molar-refractivity contribution in [3.63, 3.8) is 0 Å². The molecule has 0 radical (unpaired) electrons. The summed E-state index contributed by atoms with van der Waals surface area (Å²) >= 11 is 0. The molecule has 0 aliphatic heterocycles. The summed E-state index contributed by atoms with van der Waals surface area (Å²) in [6.45, 7) is 2.24. The molecule has 0 saturated carbocycles. The van der Waals surface area contributed by atoms with Gasteiger partial charge in [-0.3, -0.25) is 0 Å². The Balaban J connectivity index is 0.000000810. The molecule has 1 aliphatic rings. The fourth-order valence-corrected chi connectivity index (χ4v) is 1.08. The zero-order valence-corrected chi connectivity index (χ0v) is 6.06. The van der Waals surface area contributed by atoms with E-state index in [0.29, 0.717) is 0 Å². The summed E-state index contributed by atoms with van der Waals surface area (Å²) in [7, 11) is 0. The van der Waals surface area contributed by atoms with Crippen LogP contribution in [0.4, 0.5) is 0 Å². The number of hydrogen-bond acceptors (Lipinski definition) is 0. The zero-order chi connectivity index (χ0) is 6.53. The van der Waals surface area contributed by atoms with Crippen LogP contribution in [-0.4, -0.2) is 29.6 Å². The molecule has 0 saturated heterocycles. The number of unbranched alkanes of at least 4 members (excludes halogenated alkanes) is 1. The van der Waals surface area contributed by atoms with Gasteiger partial charge in [0.15, 0.2) is 0 Å². The molecular formula is C9H15Na. The van der Waals surface area contributed by atoms with Gasteiger partial charge in [0, 0.05) is 0 Å². The van der Waals surface area contributed by atoms with Crippen LogP contribution in [0.2, 0.25) is 0 Å². The van der Waals surface area contributed by atoms with Crippen molar-refractivity contribution in [3.8, 4) is 0 Å². The second-order valence-electron chi connectivity index (χ2n) is 2.56. The van der Waals surface area contributed by atoms with Gasteiger partial charge in [0.1, 0.15) is 0 Å². The average molecular weight is 146 g/mol. The molecule has 0 N–H and O–H groups in total. The third-order valence-electron chi connectivity index (χ3n) is 1.70. The first-order chi connectivity index (χ1) is 4.43. The van der Waals surface area contributed by atoms with Crippen molar-refractivity contribution in [2.24, 2.45) is 0 Å². The molecule has 1 rings (SSSR count). The number of allylic oxidation sites excluding steroid dienone is 4. The van der Waals surface area contributed by atoms with Crippen molar-refractivity contribution in [1.82, 2.24) is 0 Å². The minimum atomic E-state index is 0. The van der Waals surface area contributed by atoms with Crippen molar-refractivity contribution in [2.75, 3.05) is 0 Å². The van der Waals surface area contributed by atoms with Crippen molar-refractivity contribution in [2.45, 2.75) is 32.6 Å². The molecule has 0 unspecified atom stereocenters. The normalized spacial score (nSPS) is 14.7. The summed E-state index contributed by atoms with van der Waals surface area (Å²) in [5, 5.41) is 0. The Morgan fingerprint density at radius 2 is 2.30 bits per heavy atom. The average Bonchev–Trinajstić information content (AvgIpc) is 2.34. The number of hydrogen-bond donors (Lipinski definition) is 0. The Bertz CT molecular complexity index is 134. The first kappa shape index (κ1) is 10.5. The van der Waals surface area contributed by atoms with Gasteiger partial charge in [-0.15, -0.1) is 0 Å². The summed E-state index contributed by atoms with van der Waals surface area (Å²) in [6.07, 6.45) is 11.8. The molecule has 0 aromatic carbocycles. The van der Waals surface area contributed by atoms with E-state index in [1.807, 2.05) is 0 Å². The molecule has 1 heteroatoms. The molecule has 10 heavy (non-hydrogen) atoms. The maximum absolute atomic E-state index is 2.25. The van der Waals surface area contributed by atoms with Crippen molar-refractivity contribution in [3.05, 3.63) is 23.8 Å². The predicted molar refractivity (Wildman–Crippen MR) is 48.5 cm³/mol. The first-order valence-electron chi connectivity index (χ1n) is 3.78. The van der Waals surface area contributed by atoms with Gasteiger partial charge in [0.05, 0.1) is 0 Å². The fourth-order valence-electron chi connectivity index (χ4n) is 1.08. The van der Waals surface area contributed by atoms with Gasteiger partial charge in [-0.25, -0.2) is 0 Å². The molecule has 0 spiro atoms. The van der Waals surface area contributed by atoms with E-state index in [0.717, 1.165) is 0 Å². The van der Waals surface area contributed by atoms with E-state index < -0.39 is 0 Å². The van der Waals surface area contributed by atoms with Crippen LogP contribution in [0, 0.1) is 0 Å². The van der Waals surface area contributed by atoms with Crippen LogP contribution in [0.5, 0.6) is 0 Å². The van der Waals surface area contributed by atoms with Gasteiger partial charge >= 0.3 is 29.6 Å². The van der Waals surface area contributed by atoms with Crippen LogP contribution in [-0.2, 0) is 0 Å². The quantitative estimate of drug-likeness (QED) is 0.536. The molecule has 0 heterocycles. The fraction of sp³-hybridized carbons (Fsp3) is 0.556. The Hall–Kier alpha value is 0.480. The van der Waals surface area contributed by atoms with Crippen molar-refractivity contribution < 1.29 is 0 Å². The van der Waals surface area contributed by atoms with Gasteiger partial charge in [-0.05, 0) is 19.3 Å². The van der Waals surface area contributed by atoms with Crippen molar-refractivity contribution >= 4 is 29.6 Å². The zero-order valence-electron chi connectivity index (χ0n) is 6.06. The van der Waals surface area contributed by atoms with E-state index in [4.69, 9.17) is 0 Å². The molecule has 0 aromatic rings. The minimum absolute atomic E-state index is 0. The van der Waals surface area contributed by atoms with E-state index in [1.165, 1.54) is 25.7 Å². The first-order valence-corrected chi connectivity index (χ1v) is 3.78. The van der Waals surface area contributed by atoms with E-state index in [9.17, 15) is 0 Å². The van der Waals surface area contributed by atoms with Crippen LogP contribution in [0.1, 0.15) is 32.6 Å². The van der Waals surface area contributed by atoms with Gasteiger partial charge in [-0.1, -0.05) is 37.1 Å². The molecule has 0 amide bonds. The second kappa shape index (κ2) is 6.21. The van der Waals surface area contributed by atoms with E-state index in [2.05, 4.69) is 25.2 Å². The summed E-state index contributed by atoms with van der Waals surface area (Å²) in [4.78, 5) is 0. The maximum atomic E-state index is 2.25. The van der Waals surface area contributed by atoms with Crippen LogP contribution < -0.4 is 0 Å². The predicted octanol–water partition coefficient (Wildman–Crippen LogP) is 2.41. The number of rotatable bonds is 3. The van der Waals surface area contributed by atoms with Gasteiger partial charge < -0.3 is 0 Å². The summed E-state index contributed by atoms with van der Waals surface area (Å²) in [5.41, 5.74) is 1.61. The summed E-state index contributed by atoms with van der Waals surface area (Å²) in [5.74, 6) is 0. The van der Waals surface area contributed by atoms with Crippen LogP contribution >= 0.6 is 0 Å². The molecule has 1 aliphatic carbocycles. The van der Waals surface area contributed by atoms with Gasteiger partial charge in [-0.2, -0.15) is 0 Å². The SMILES string of the molecule is CCCCC1=CC=CC1.[NaH]. The standard InChI is InChI=1S/C9H14.Na.H/c1-2-3-6-9-7-4-5-8-9;;/h4-5,7H,2-3,6,8H2,1H3;;. The van der Waals surface area contributed by atoms with E-state index in [1.54, 1.807) is 5.57 Å². The second-order valence-corrected chi connectivity index (χ2v) is 2.56. The topological polar surface area (TPSA) is 0 Å². The Morgan fingerprint density at radius 3 is 2.80 bits per heavy atom. The Kier molecular flexibility index (Phi) is 6.50. The van der Waals surface area contributed by atoms with Gasteiger partial charge in [0.2, 0.25) is 0 Å². The van der Waals surface area contributed by atoms with Crippen LogP contribution in [0.25, 0.3) is 0 Å². The Labute approximate surface area is 85.7 Å². The molecule has 0 fully saturated rings. The third kappa shape index (κ3) is 3.60. The monoisotopic (exact) mass is 146 g/mol. The molecular weight excluding hydrogens is 131 g/mol. The van der Waals surface area contributed by atoms with Crippen LogP contribution in [0.15, 0.2) is 23.8 Å². The Morgan fingerprint density at radius 1 is 1.50 bits per heavy atom. The van der Waals surface area contributed by atoms with Gasteiger partial charge in [0.25, 0.3) is 0 Å². The van der Waals surface area contributed by atoms with Crippen LogP contribution in [0.3, 0.4) is 0 Å². The van der Waals surface area contributed by atoms with E-state index >= 15 is 0 Å². The molecule has 0 atom stereocenters.